The van der Waals surface area contributed by atoms with Crippen LogP contribution in [0.1, 0.15) is 82.7 Å². The van der Waals surface area contributed by atoms with E-state index in [-0.39, 0.29) is 0 Å². The van der Waals surface area contributed by atoms with Crippen LogP contribution in [0.5, 0.6) is 0 Å². The van der Waals surface area contributed by atoms with Crippen LogP contribution < -0.4 is 5.73 Å². The van der Waals surface area contributed by atoms with E-state index in [0.29, 0.717) is 17.7 Å². The third-order valence-corrected chi connectivity index (χ3v) is 5.19. The smallest absolute Gasteiger partial charge is 0.141 e. The quantitative estimate of drug-likeness (QED) is 0.837. The number of nitrogens with two attached hydrogens (primary N) is 1. The fraction of sp³-hybridized carbons (Fsp3) is 0.750. The molecule has 0 atom stereocenters. The summed E-state index contributed by atoms with van der Waals surface area (Å²) in [5.41, 5.74) is 7.09. The number of nitrogens with zero attached hydrogens (tertiary/aromatic N) is 2. The highest BCUT2D eigenvalue weighted by Crippen LogP contribution is 2.38. The zero-order chi connectivity index (χ0) is 14.7. The molecule has 0 unspecified atom stereocenters. The summed E-state index contributed by atoms with van der Waals surface area (Å²) >= 11 is 3.52. The Morgan fingerprint density at radius 1 is 1.20 bits per heavy atom. The number of anilines is 1. The van der Waals surface area contributed by atoms with Gasteiger partial charge < -0.3 is 5.73 Å². The molecule has 1 saturated carbocycles. The van der Waals surface area contributed by atoms with Crippen molar-refractivity contribution in [2.75, 3.05) is 5.73 Å². The maximum atomic E-state index is 6.04. The molecule has 1 aromatic heterocycles. The van der Waals surface area contributed by atoms with Crippen LogP contribution >= 0.6 is 15.9 Å². The van der Waals surface area contributed by atoms with Gasteiger partial charge in [0.25, 0.3) is 0 Å². The van der Waals surface area contributed by atoms with Crippen molar-refractivity contribution >= 4 is 21.7 Å². The van der Waals surface area contributed by atoms with Crippen molar-refractivity contribution in [1.29, 1.82) is 0 Å². The normalized spacial score (nSPS) is 23.2. The molecule has 0 radical (unpaired) electrons. The van der Waals surface area contributed by atoms with Crippen molar-refractivity contribution in [2.45, 2.75) is 71.1 Å². The average Bonchev–Trinajstić information content (AvgIpc) is 2.42. The monoisotopic (exact) mass is 339 g/mol. The standard InChI is InChI=1S/C16H26BrN3/c1-4-5-11-6-8-12(9-7-11)16-19-14(10(2)3)13(17)15(18)20-16/h10-12H,4-9H2,1-3H3,(H2,18,19,20). The zero-order valence-corrected chi connectivity index (χ0v) is 14.4. The average molecular weight is 340 g/mol. The van der Waals surface area contributed by atoms with Crippen LogP contribution in [0.3, 0.4) is 0 Å². The van der Waals surface area contributed by atoms with Crippen LogP contribution in [0, 0.1) is 5.92 Å². The third-order valence-electron chi connectivity index (χ3n) is 4.38. The van der Waals surface area contributed by atoms with E-state index in [0.717, 1.165) is 21.9 Å². The van der Waals surface area contributed by atoms with E-state index in [4.69, 9.17) is 10.7 Å². The van der Waals surface area contributed by atoms with Crippen LogP contribution in [-0.2, 0) is 0 Å². The molecule has 0 aliphatic heterocycles. The lowest BCUT2D eigenvalue weighted by molar-refractivity contribution is 0.302. The first-order valence-corrected chi connectivity index (χ1v) is 8.65. The van der Waals surface area contributed by atoms with Crippen molar-refractivity contribution < 1.29 is 0 Å². The van der Waals surface area contributed by atoms with Crippen LogP contribution in [0.25, 0.3) is 0 Å². The van der Waals surface area contributed by atoms with Crippen molar-refractivity contribution in [1.82, 2.24) is 9.97 Å². The first-order valence-electron chi connectivity index (χ1n) is 7.85. The highest BCUT2D eigenvalue weighted by atomic mass is 79.9. The molecule has 1 aliphatic rings. The Labute approximate surface area is 130 Å². The second-order valence-electron chi connectivity index (χ2n) is 6.33. The van der Waals surface area contributed by atoms with Gasteiger partial charge in [-0.15, -0.1) is 0 Å². The van der Waals surface area contributed by atoms with Crippen molar-refractivity contribution in [3.63, 3.8) is 0 Å². The number of aromatic nitrogens is 2. The van der Waals surface area contributed by atoms with E-state index in [1.807, 2.05) is 0 Å². The van der Waals surface area contributed by atoms with Gasteiger partial charge in [0.2, 0.25) is 0 Å². The summed E-state index contributed by atoms with van der Waals surface area (Å²) in [7, 11) is 0. The summed E-state index contributed by atoms with van der Waals surface area (Å²) in [6.45, 7) is 6.57. The first-order chi connectivity index (χ1) is 9.52. The van der Waals surface area contributed by atoms with Crippen molar-refractivity contribution in [3.05, 3.63) is 16.0 Å². The minimum absolute atomic E-state index is 0.366. The molecule has 2 N–H and O–H groups in total. The molecule has 4 heteroatoms. The van der Waals surface area contributed by atoms with E-state index in [1.54, 1.807) is 0 Å². The third kappa shape index (κ3) is 3.51. The van der Waals surface area contributed by atoms with Crippen LogP contribution in [-0.4, -0.2) is 9.97 Å². The Balaban J connectivity index is 2.14. The Bertz CT molecular complexity index is 451. The number of nitrogen functional groups attached to an aromatic ring is 1. The van der Waals surface area contributed by atoms with Gasteiger partial charge >= 0.3 is 0 Å². The summed E-state index contributed by atoms with van der Waals surface area (Å²) in [5.74, 6) is 3.33. The van der Waals surface area contributed by atoms with Crippen LogP contribution in [0.2, 0.25) is 0 Å². The fourth-order valence-corrected chi connectivity index (χ4v) is 3.82. The summed E-state index contributed by atoms with van der Waals surface area (Å²) in [5, 5.41) is 0. The lowest BCUT2D eigenvalue weighted by Crippen LogP contribution is -2.17. The van der Waals surface area contributed by atoms with E-state index in [1.165, 1.54) is 38.5 Å². The molecule has 0 spiro atoms. The number of rotatable bonds is 4. The number of hydrogen-bond donors (Lipinski definition) is 1. The fourth-order valence-electron chi connectivity index (χ4n) is 3.18. The Morgan fingerprint density at radius 2 is 1.85 bits per heavy atom. The molecule has 0 saturated heterocycles. The molecular weight excluding hydrogens is 314 g/mol. The Hall–Kier alpha value is -0.640. The largest absolute Gasteiger partial charge is 0.383 e. The first kappa shape index (κ1) is 15.7. The lowest BCUT2D eigenvalue weighted by Gasteiger charge is -2.28. The van der Waals surface area contributed by atoms with E-state index in [9.17, 15) is 0 Å². The molecule has 112 valence electrons. The van der Waals surface area contributed by atoms with Crippen LogP contribution in [0.15, 0.2) is 4.47 Å². The number of halogens is 1. The summed E-state index contributed by atoms with van der Waals surface area (Å²) < 4.78 is 0.871. The highest BCUT2D eigenvalue weighted by Gasteiger charge is 2.25. The second-order valence-corrected chi connectivity index (χ2v) is 7.12. The summed E-state index contributed by atoms with van der Waals surface area (Å²) in [6.07, 6.45) is 7.72. The topological polar surface area (TPSA) is 51.8 Å². The highest BCUT2D eigenvalue weighted by molar-refractivity contribution is 9.10. The molecule has 1 heterocycles. The molecule has 0 amide bonds. The maximum absolute atomic E-state index is 6.04. The molecule has 1 aromatic rings. The van der Waals surface area contributed by atoms with Crippen LogP contribution in [0.4, 0.5) is 5.82 Å². The van der Waals surface area contributed by atoms with Gasteiger partial charge in [-0.25, -0.2) is 9.97 Å². The SMILES string of the molecule is CCCC1CCC(c2nc(N)c(Br)c(C(C)C)n2)CC1. The van der Waals surface area contributed by atoms with E-state index >= 15 is 0 Å². The minimum atomic E-state index is 0.366. The molecule has 0 bridgehead atoms. The second kappa shape index (κ2) is 6.88. The molecule has 20 heavy (non-hydrogen) atoms. The Morgan fingerprint density at radius 3 is 2.40 bits per heavy atom. The predicted molar refractivity (Wildman–Crippen MR) is 87.8 cm³/mol. The maximum Gasteiger partial charge on any atom is 0.141 e. The number of hydrogen-bond acceptors (Lipinski definition) is 3. The lowest BCUT2D eigenvalue weighted by atomic mass is 9.79. The molecule has 3 nitrogen and oxygen atoms in total. The molecule has 2 rings (SSSR count). The zero-order valence-electron chi connectivity index (χ0n) is 12.8. The van der Waals surface area contributed by atoms with Gasteiger partial charge in [0.05, 0.1) is 10.2 Å². The predicted octanol–water partition coefficient (Wildman–Crippen LogP) is 5.02. The van der Waals surface area contributed by atoms with Crippen molar-refractivity contribution in [2.24, 2.45) is 5.92 Å². The summed E-state index contributed by atoms with van der Waals surface area (Å²) in [4.78, 5) is 9.32. The van der Waals surface area contributed by atoms with Gasteiger partial charge in [0.15, 0.2) is 0 Å². The molecule has 1 fully saturated rings. The van der Waals surface area contributed by atoms with Gasteiger partial charge in [-0.1, -0.05) is 33.6 Å². The molecule has 0 aromatic carbocycles. The van der Waals surface area contributed by atoms with Gasteiger partial charge in [-0.3, -0.25) is 0 Å². The van der Waals surface area contributed by atoms with E-state index in [2.05, 4.69) is 41.7 Å². The van der Waals surface area contributed by atoms with Gasteiger partial charge in [-0.05, 0) is 53.4 Å². The molecular formula is C16H26BrN3. The van der Waals surface area contributed by atoms with Crippen molar-refractivity contribution in [3.8, 4) is 0 Å². The van der Waals surface area contributed by atoms with Gasteiger partial charge in [-0.2, -0.15) is 0 Å². The summed E-state index contributed by atoms with van der Waals surface area (Å²) in [6, 6.07) is 0. The van der Waals surface area contributed by atoms with E-state index < -0.39 is 0 Å². The minimum Gasteiger partial charge on any atom is -0.383 e. The van der Waals surface area contributed by atoms with Gasteiger partial charge in [0, 0.05) is 5.92 Å². The molecule has 1 aliphatic carbocycles. The van der Waals surface area contributed by atoms with Gasteiger partial charge in [0.1, 0.15) is 11.6 Å². The Kier molecular flexibility index (Phi) is 5.42.